The van der Waals surface area contributed by atoms with Gasteiger partial charge in [0.1, 0.15) is 21.3 Å². The molecule has 1 amide bonds. The standard InChI is InChI=1S/C42H36BrClF3N5O4S2/c1-24-8-11-28(44)22-36(24)56-39-38(58-25(2)48-39)41(54)51-18-16-50(31-6-4-5-7-32(31)51)23-26-9-12-30-33(20-26)52(17-15-49(30)3)40(53)37-35(14-19-57-37)55-34-13-10-27(21-29(34)43)42(45,46)47/h4-14,19-22,41,54H,15-18,23H2,1-3H3. The lowest BCUT2D eigenvalue weighted by Crippen LogP contribution is -2.43. The number of carbonyl (C=O) groups excluding carboxylic acids is 1. The SMILES string of the molecule is Cc1nc(Oc2cc(Cl)ccc2C)c(C(O)N2CCN(Cc3ccc4c(c3)N(C(=O)c3sccc3Oc3ccc(C(F)(F)F)cc3Br)CCN4C)c3ccccc32)s1. The first-order chi connectivity index (χ1) is 27.7. The fourth-order valence-electron chi connectivity index (χ4n) is 7.11. The van der Waals surface area contributed by atoms with Crippen LogP contribution in [0.2, 0.25) is 5.02 Å². The number of hydrogen-bond donors (Lipinski definition) is 1. The van der Waals surface area contributed by atoms with Crippen molar-refractivity contribution in [3.05, 3.63) is 131 Å². The molecule has 9 nitrogen and oxygen atoms in total. The molecule has 0 aliphatic carbocycles. The molecule has 2 aliphatic heterocycles. The Balaban J connectivity index is 1.03. The van der Waals surface area contributed by atoms with Crippen LogP contribution in [0.15, 0.2) is 94.8 Å². The Kier molecular flexibility index (Phi) is 11.1. The number of benzene rings is 4. The second kappa shape index (κ2) is 16.1. The lowest BCUT2D eigenvalue weighted by Gasteiger charge is -2.41. The molecule has 0 bridgehead atoms. The van der Waals surface area contributed by atoms with Gasteiger partial charge in [-0.05, 0) is 107 Å². The number of para-hydroxylation sites is 2. The van der Waals surface area contributed by atoms with Crippen LogP contribution in [-0.4, -0.2) is 49.2 Å². The normalized spacial score (nSPS) is 14.6. The van der Waals surface area contributed by atoms with Gasteiger partial charge in [-0.25, -0.2) is 4.98 Å². The van der Waals surface area contributed by atoms with Crippen LogP contribution in [0.25, 0.3) is 0 Å². The molecule has 1 unspecified atom stereocenters. The molecule has 0 radical (unpaired) electrons. The van der Waals surface area contributed by atoms with Crippen molar-refractivity contribution in [1.82, 2.24) is 4.98 Å². The van der Waals surface area contributed by atoms with Crippen LogP contribution in [0.5, 0.6) is 23.1 Å². The summed E-state index contributed by atoms with van der Waals surface area (Å²) in [5.41, 5.74) is 4.51. The number of thiophene rings is 1. The van der Waals surface area contributed by atoms with Crippen LogP contribution >= 0.6 is 50.2 Å². The molecule has 6 aromatic rings. The zero-order chi connectivity index (χ0) is 40.9. The van der Waals surface area contributed by atoms with Crippen LogP contribution in [-0.2, 0) is 12.7 Å². The number of ether oxygens (including phenoxy) is 2. The van der Waals surface area contributed by atoms with Gasteiger partial charge in [-0.15, -0.1) is 22.7 Å². The number of amides is 1. The fraction of sp³-hybridized carbons (Fsp3) is 0.238. The van der Waals surface area contributed by atoms with Gasteiger partial charge in [-0.3, -0.25) is 4.79 Å². The predicted molar refractivity (Wildman–Crippen MR) is 228 cm³/mol. The molecule has 58 heavy (non-hydrogen) atoms. The summed E-state index contributed by atoms with van der Waals surface area (Å²) < 4.78 is 52.2. The first-order valence-electron chi connectivity index (χ1n) is 18.2. The number of nitrogens with zero attached hydrogens (tertiary/aromatic N) is 5. The first kappa shape index (κ1) is 40.0. The van der Waals surface area contributed by atoms with E-state index in [0.717, 1.165) is 51.0 Å². The van der Waals surface area contributed by atoms with E-state index in [2.05, 4.69) is 36.8 Å². The Morgan fingerprint density at radius 2 is 1.69 bits per heavy atom. The zero-order valence-electron chi connectivity index (χ0n) is 31.4. The van der Waals surface area contributed by atoms with Crippen molar-refractivity contribution < 1.29 is 32.5 Å². The number of aliphatic hydroxyl groups excluding tert-OH is 1. The molecule has 16 heteroatoms. The van der Waals surface area contributed by atoms with E-state index in [-0.39, 0.29) is 21.9 Å². The molecule has 0 saturated heterocycles. The number of carbonyl (C=O) groups is 1. The van der Waals surface area contributed by atoms with E-state index in [4.69, 9.17) is 21.1 Å². The van der Waals surface area contributed by atoms with Gasteiger partial charge in [0.15, 0.2) is 12.0 Å². The number of rotatable bonds is 9. The number of hydrogen-bond acceptors (Lipinski definition) is 10. The minimum absolute atomic E-state index is 0.125. The largest absolute Gasteiger partial charge is 0.454 e. The molecule has 1 atom stereocenters. The number of aromatic nitrogens is 1. The maximum Gasteiger partial charge on any atom is 0.416 e. The second-order valence-electron chi connectivity index (χ2n) is 14.0. The summed E-state index contributed by atoms with van der Waals surface area (Å²) in [6.07, 6.45) is -5.52. The van der Waals surface area contributed by atoms with Crippen LogP contribution < -0.4 is 29.1 Å². The molecular formula is C42H36BrClF3N5O4S2. The van der Waals surface area contributed by atoms with E-state index < -0.39 is 18.0 Å². The topological polar surface area (TPSA) is 81.6 Å². The molecule has 8 rings (SSSR count). The number of alkyl halides is 3. The molecule has 4 heterocycles. The molecule has 0 saturated carbocycles. The number of fused-ring (bicyclic) bond motifs is 2. The highest BCUT2D eigenvalue weighted by Crippen LogP contribution is 2.44. The summed E-state index contributed by atoms with van der Waals surface area (Å²) in [7, 11) is 1.99. The number of aliphatic hydroxyl groups is 1. The van der Waals surface area contributed by atoms with Crippen molar-refractivity contribution in [2.24, 2.45) is 0 Å². The average Bonchev–Trinajstić information content (AvgIpc) is 3.82. The molecule has 1 N–H and O–H groups in total. The van der Waals surface area contributed by atoms with E-state index in [1.807, 2.05) is 68.3 Å². The van der Waals surface area contributed by atoms with Crippen LogP contribution in [0.1, 0.15) is 42.5 Å². The maximum absolute atomic E-state index is 14.3. The van der Waals surface area contributed by atoms with Crippen molar-refractivity contribution in [2.45, 2.75) is 32.8 Å². The molecule has 0 spiro atoms. The van der Waals surface area contributed by atoms with Crippen molar-refractivity contribution in [3.8, 4) is 23.1 Å². The summed E-state index contributed by atoms with van der Waals surface area (Å²) >= 11 is 12.1. The molecular weight excluding hydrogens is 875 g/mol. The quantitative estimate of drug-likeness (QED) is 0.154. The third-order valence-electron chi connectivity index (χ3n) is 10.1. The number of thiazole rings is 1. The van der Waals surface area contributed by atoms with Gasteiger partial charge < -0.3 is 34.2 Å². The van der Waals surface area contributed by atoms with E-state index in [0.29, 0.717) is 59.1 Å². The predicted octanol–water partition coefficient (Wildman–Crippen LogP) is 11.5. The van der Waals surface area contributed by atoms with Crippen molar-refractivity contribution in [1.29, 1.82) is 0 Å². The third kappa shape index (κ3) is 7.97. The van der Waals surface area contributed by atoms with Gasteiger partial charge in [0.05, 0.1) is 37.8 Å². The molecule has 300 valence electrons. The van der Waals surface area contributed by atoms with E-state index in [1.54, 1.807) is 28.5 Å². The molecule has 2 aromatic heterocycles. The Labute approximate surface area is 354 Å². The van der Waals surface area contributed by atoms with Crippen LogP contribution in [0.4, 0.5) is 35.9 Å². The lowest BCUT2D eigenvalue weighted by atomic mass is 10.1. The first-order valence-corrected chi connectivity index (χ1v) is 21.1. The maximum atomic E-state index is 14.3. The van der Waals surface area contributed by atoms with Gasteiger partial charge in [0, 0.05) is 44.8 Å². The Hall–Kier alpha value is -4.80. The minimum Gasteiger partial charge on any atom is -0.454 e. The number of aryl methyl sites for hydroxylation is 2. The van der Waals surface area contributed by atoms with E-state index in [1.165, 1.54) is 28.7 Å². The van der Waals surface area contributed by atoms with E-state index in [9.17, 15) is 23.1 Å². The zero-order valence-corrected chi connectivity index (χ0v) is 35.4. The minimum atomic E-state index is -4.50. The Bertz CT molecular complexity index is 2520. The van der Waals surface area contributed by atoms with E-state index >= 15 is 0 Å². The summed E-state index contributed by atoms with van der Waals surface area (Å²) in [5.74, 6) is 1.07. The second-order valence-corrected chi connectivity index (χ2v) is 17.4. The third-order valence-corrected chi connectivity index (χ3v) is 12.8. The smallest absolute Gasteiger partial charge is 0.416 e. The molecule has 2 aliphatic rings. The summed E-state index contributed by atoms with van der Waals surface area (Å²) in [6.45, 7) is 6.49. The number of halogens is 5. The van der Waals surface area contributed by atoms with Gasteiger partial charge in [0.2, 0.25) is 5.88 Å². The van der Waals surface area contributed by atoms with Gasteiger partial charge in [-0.1, -0.05) is 35.9 Å². The van der Waals surface area contributed by atoms with Gasteiger partial charge in [-0.2, -0.15) is 13.2 Å². The number of anilines is 4. The van der Waals surface area contributed by atoms with Gasteiger partial charge >= 0.3 is 6.18 Å². The van der Waals surface area contributed by atoms with Gasteiger partial charge in [0.25, 0.3) is 5.91 Å². The highest BCUT2D eigenvalue weighted by Gasteiger charge is 2.34. The molecule has 4 aromatic carbocycles. The van der Waals surface area contributed by atoms with Crippen molar-refractivity contribution in [2.75, 3.05) is 52.8 Å². The van der Waals surface area contributed by atoms with Crippen LogP contribution in [0.3, 0.4) is 0 Å². The Morgan fingerprint density at radius 3 is 2.47 bits per heavy atom. The van der Waals surface area contributed by atoms with Crippen LogP contribution in [0, 0.1) is 13.8 Å². The van der Waals surface area contributed by atoms with Crippen molar-refractivity contribution >= 4 is 78.9 Å². The molecule has 0 fully saturated rings. The highest BCUT2D eigenvalue weighted by atomic mass is 79.9. The summed E-state index contributed by atoms with van der Waals surface area (Å²) in [4.78, 5) is 27.9. The monoisotopic (exact) mass is 909 g/mol. The Morgan fingerprint density at radius 1 is 0.897 bits per heavy atom. The number of likely N-dealkylation sites (N-methyl/N-ethyl adjacent to an activating group) is 1. The average molecular weight is 911 g/mol. The van der Waals surface area contributed by atoms with Crippen molar-refractivity contribution in [3.63, 3.8) is 0 Å². The summed E-state index contributed by atoms with van der Waals surface area (Å²) in [5, 5.41) is 14.9. The highest BCUT2D eigenvalue weighted by molar-refractivity contribution is 9.10. The lowest BCUT2D eigenvalue weighted by molar-refractivity contribution is -0.137. The fourth-order valence-corrected chi connectivity index (χ4v) is 9.36. The summed E-state index contributed by atoms with van der Waals surface area (Å²) in [6, 6.07) is 24.3.